The van der Waals surface area contributed by atoms with Gasteiger partial charge in [0.1, 0.15) is 11.3 Å². The molecule has 2 N–H and O–H groups in total. The van der Waals surface area contributed by atoms with E-state index in [-0.39, 0.29) is 5.56 Å². The van der Waals surface area contributed by atoms with Gasteiger partial charge >= 0.3 is 5.63 Å². The van der Waals surface area contributed by atoms with Gasteiger partial charge in [0, 0.05) is 19.4 Å². The molecule has 0 bridgehead atoms. The number of carbonyl (C=O) groups excluding carboxylic acids is 1. The normalized spacial score (nSPS) is 10.7. The van der Waals surface area contributed by atoms with Crippen LogP contribution in [0.2, 0.25) is 0 Å². The first-order valence-electron chi connectivity index (χ1n) is 8.31. The summed E-state index contributed by atoms with van der Waals surface area (Å²) in [5, 5.41) is 16.1. The summed E-state index contributed by atoms with van der Waals surface area (Å²) in [5.41, 5.74) is 1.17. The summed E-state index contributed by atoms with van der Waals surface area (Å²) in [7, 11) is 0. The molecule has 0 radical (unpaired) electrons. The van der Waals surface area contributed by atoms with Gasteiger partial charge in [-0.05, 0) is 30.5 Å². The average Bonchev–Trinajstić information content (AvgIpc) is 3.14. The van der Waals surface area contributed by atoms with Crippen LogP contribution in [-0.4, -0.2) is 33.1 Å². The third-order valence-corrected chi connectivity index (χ3v) is 3.95. The minimum absolute atomic E-state index is 0.0292. The van der Waals surface area contributed by atoms with Crippen molar-refractivity contribution in [3.05, 3.63) is 75.1 Å². The van der Waals surface area contributed by atoms with Crippen molar-refractivity contribution in [3.63, 3.8) is 0 Å². The zero-order valence-corrected chi connectivity index (χ0v) is 14.4. The van der Waals surface area contributed by atoms with Crippen molar-refractivity contribution >= 4 is 5.91 Å². The van der Waals surface area contributed by atoms with Crippen LogP contribution in [-0.2, 0) is 19.3 Å². The standard InChI is InChI=1S/C18H19N5O3/c1-12-11-14(8-7-13-5-3-2-4-6-13)26-18(25)16(12)17(24)19-10-9-15-20-22-23-21-15/h2-6,11H,7-10H2,1H3,(H,19,24)(H,20,21,22,23). The molecule has 0 aliphatic rings. The molecule has 1 amide bonds. The Balaban J connectivity index is 1.62. The first-order chi connectivity index (χ1) is 12.6. The molecule has 0 fully saturated rings. The average molecular weight is 353 g/mol. The number of amides is 1. The fourth-order valence-corrected chi connectivity index (χ4v) is 2.65. The van der Waals surface area contributed by atoms with Gasteiger partial charge in [-0.2, -0.15) is 5.21 Å². The summed E-state index contributed by atoms with van der Waals surface area (Å²) >= 11 is 0. The molecule has 0 atom stereocenters. The fraction of sp³-hybridized carbons (Fsp3) is 0.278. The first kappa shape index (κ1) is 17.5. The molecule has 2 heterocycles. The lowest BCUT2D eigenvalue weighted by atomic mass is 10.1. The molecule has 0 aliphatic heterocycles. The number of aryl methyl sites for hydroxylation is 3. The van der Waals surface area contributed by atoms with E-state index in [1.165, 1.54) is 0 Å². The highest BCUT2D eigenvalue weighted by molar-refractivity contribution is 5.95. The number of aromatic nitrogens is 4. The van der Waals surface area contributed by atoms with Crippen molar-refractivity contribution in [3.8, 4) is 0 Å². The summed E-state index contributed by atoms with van der Waals surface area (Å²) in [6, 6.07) is 11.7. The van der Waals surface area contributed by atoms with Crippen molar-refractivity contribution in [2.45, 2.75) is 26.2 Å². The van der Waals surface area contributed by atoms with Crippen LogP contribution >= 0.6 is 0 Å². The molecule has 2 aromatic heterocycles. The van der Waals surface area contributed by atoms with Gasteiger partial charge in [-0.1, -0.05) is 35.5 Å². The molecule has 0 spiro atoms. The number of hydrogen-bond donors (Lipinski definition) is 2. The summed E-state index contributed by atoms with van der Waals surface area (Å²) in [6.07, 6.45) is 1.78. The number of tetrazole rings is 1. The van der Waals surface area contributed by atoms with Gasteiger partial charge in [-0.25, -0.2) is 4.79 Å². The zero-order chi connectivity index (χ0) is 18.4. The first-order valence-corrected chi connectivity index (χ1v) is 8.31. The SMILES string of the molecule is Cc1cc(CCc2ccccc2)oc(=O)c1C(=O)NCCc1nn[nH]n1. The summed E-state index contributed by atoms with van der Waals surface area (Å²) < 4.78 is 5.33. The second-order valence-corrected chi connectivity index (χ2v) is 5.88. The monoisotopic (exact) mass is 353 g/mol. The smallest absolute Gasteiger partial charge is 0.349 e. The molecular weight excluding hydrogens is 334 g/mol. The summed E-state index contributed by atoms with van der Waals surface area (Å²) in [4.78, 5) is 24.5. The van der Waals surface area contributed by atoms with E-state index < -0.39 is 11.5 Å². The minimum Gasteiger partial charge on any atom is -0.427 e. The zero-order valence-electron chi connectivity index (χ0n) is 14.4. The molecule has 3 rings (SSSR count). The van der Waals surface area contributed by atoms with E-state index in [0.29, 0.717) is 36.5 Å². The lowest BCUT2D eigenvalue weighted by Gasteiger charge is -2.07. The van der Waals surface area contributed by atoms with E-state index >= 15 is 0 Å². The molecule has 134 valence electrons. The highest BCUT2D eigenvalue weighted by atomic mass is 16.4. The Bertz CT molecular complexity index is 920. The van der Waals surface area contributed by atoms with Crippen LogP contribution in [0.3, 0.4) is 0 Å². The molecule has 8 nitrogen and oxygen atoms in total. The van der Waals surface area contributed by atoms with Gasteiger partial charge in [-0.3, -0.25) is 4.79 Å². The van der Waals surface area contributed by atoms with Crippen LogP contribution in [0.1, 0.15) is 33.1 Å². The number of rotatable bonds is 7. The van der Waals surface area contributed by atoms with Crippen molar-refractivity contribution in [2.75, 3.05) is 6.54 Å². The molecule has 0 saturated heterocycles. The number of hydrogen-bond acceptors (Lipinski definition) is 6. The number of H-pyrrole nitrogens is 1. The number of nitrogens with one attached hydrogen (secondary N) is 2. The van der Waals surface area contributed by atoms with Gasteiger partial charge in [0.2, 0.25) is 0 Å². The van der Waals surface area contributed by atoms with Crippen molar-refractivity contribution < 1.29 is 9.21 Å². The minimum atomic E-state index is -0.620. The molecule has 0 saturated carbocycles. The predicted molar refractivity (Wildman–Crippen MR) is 93.8 cm³/mol. The third-order valence-electron chi connectivity index (χ3n) is 3.95. The number of nitrogens with zero attached hydrogens (tertiary/aromatic N) is 3. The fourth-order valence-electron chi connectivity index (χ4n) is 2.65. The van der Waals surface area contributed by atoms with Crippen molar-refractivity contribution in [1.82, 2.24) is 25.9 Å². The topological polar surface area (TPSA) is 114 Å². The van der Waals surface area contributed by atoms with Crippen LogP contribution in [0.5, 0.6) is 0 Å². The lowest BCUT2D eigenvalue weighted by molar-refractivity contribution is 0.0949. The van der Waals surface area contributed by atoms with Gasteiger partial charge in [0.05, 0.1) is 0 Å². The van der Waals surface area contributed by atoms with Crippen molar-refractivity contribution in [2.24, 2.45) is 0 Å². The number of carbonyl (C=O) groups is 1. The Labute approximate surface area is 149 Å². The third kappa shape index (κ3) is 4.41. The van der Waals surface area contributed by atoms with E-state index in [9.17, 15) is 9.59 Å². The Morgan fingerprint density at radius 3 is 2.69 bits per heavy atom. The molecule has 3 aromatic rings. The highest BCUT2D eigenvalue weighted by Gasteiger charge is 2.16. The van der Waals surface area contributed by atoms with Crippen LogP contribution in [0.4, 0.5) is 0 Å². The van der Waals surface area contributed by atoms with Crippen LogP contribution < -0.4 is 10.9 Å². The molecule has 26 heavy (non-hydrogen) atoms. The summed E-state index contributed by atoms with van der Waals surface area (Å²) in [6.45, 7) is 2.03. The maximum atomic E-state index is 12.3. The Hall–Kier alpha value is -3.29. The maximum absolute atomic E-state index is 12.3. The molecule has 0 aliphatic carbocycles. The van der Waals surface area contributed by atoms with E-state index in [1.807, 2.05) is 30.3 Å². The van der Waals surface area contributed by atoms with Crippen LogP contribution in [0.15, 0.2) is 45.6 Å². The van der Waals surface area contributed by atoms with E-state index in [1.54, 1.807) is 13.0 Å². The van der Waals surface area contributed by atoms with Crippen LogP contribution in [0, 0.1) is 6.92 Å². The van der Waals surface area contributed by atoms with Gasteiger partial charge in [0.15, 0.2) is 5.82 Å². The molecule has 1 aromatic carbocycles. The largest absolute Gasteiger partial charge is 0.427 e. The van der Waals surface area contributed by atoms with Gasteiger partial charge in [0.25, 0.3) is 5.91 Å². The second kappa shape index (κ2) is 8.19. The Kier molecular flexibility index (Phi) is 5.52. The van der Waals surface area contributed by atoms with Gasteiger partial charge < -0.3 is 9.73 Å². The second-order valence-electron chi connectivity index (χ2n) is 5.88. The number of benzene rings is 1. The van der Waals surface area contributed by atoms with E-state index in [0.717, 1.165) is 12.0 Å². The predicted octanol–water partition coefficient (Wildman–Crippen LogP) is 1.22. The van der Waals surface area contributed by atoms with Gasteiger partial charge in [-0.15, -0.1) is 10.2 Å². The van der Waals surface area contributed by atoms with E-state index in [4.69, 9.17) is 4.42 Å². The maximum Gasteiger partial charge on any atom is 0.349 e. The lowest BCUT2D eigenvalue weighted by Crippen LogP contribution is -2.31. The number of aromatic amines is 1. The molecule has 0 unspecified atom stereocenters. The van der Waals surface area contributed by atoms with Crippen molar-refractivity contribution in [1.29, 1.82) is 0 Å². The summed E-state index contributed by atoms with van der Waals surface area (Å²) in [5.74, 6) is 0.597. The Morgan fingerprint density at radius 2 is 2.00 bits per heavy atom. The molecular formula is C18H19N5O3. The molecule has 8 heteroatoms. The highest BCUT2D eigenvalue weighted by Crippen LogP contribution is 2.10. The van der Waals surface area contributed by atoms with Crippen LogP contribution in [0.25, 0.3) is 0 Å². The quantitative estimate of drug-likeness (QED) is 0.660. The van der Waals surface area contributed by atoms with E-state index in [2.05, 4.69) is 25.9 Å². The Morgan fingerprint density at radius 1 is 1.19 bits per heavy atom.